The van der Waals surface area contributed by atoms with Gasteiger partial charge in [-0.05, 0) is 30.5 Å². The lowest BCUT2D eigenvalue weighted by Gasteiger charge is -2.25. The first-order valence-corrected chi connectivity index (χ1v) is 7.53. The fourth-order valence-electron chi connectivity index (χ4n) is 2.60. The summed E-state index contributed by atoms with van der Waals surface area (Å²) in [5.74, 6) is -1.10. The van der Waals surface area contributed by atoms with Crippen molar-refractivity contribution < 1.29 is 24.2 Å². The highest BCUT2D eigenvalue weighted by Gasteiger charge is 2.51. The number of nitrogens with one attached hydrogen (secondary N) is 1. The molecular weight excluding hydrogens is 300 g/mol. The highest BCUT2D eigenvalue weighted by molar-refractivity contribution is 6.08. The highest BCUT2D eigenvalue weighted by Crippen LogP contribution is 2.33. The third kappa shape index (κ3) is 3.13. The number of hydrogen-bond donors (Lipinski definition) is 2. The van der Waals surface area contributed by atoms with Gasteiger partial charge in [-0.15, -0.1) is 0 Å². The molecule has 1 aromatic carbocycles. The Morgan fingerprint density at radius 2 is 1.91 bits per heavy atom. The summed E-state index contributed by atoms with van der Waals surface area (Å²) < 4.78 is 5.50. The van der Waals surface area contributed by atoms with Crippen LogP contribution >= 0.6 is 0 Å². The number of ether oxygens (including phenoxy) is 1. The van der Waals surface area contributed by atoms with E-state index in [0.29, 0.717) is 24.3 Å². The summed E-state index contributed by atoms with van der Waals surface area (Å²) in [6, 6.07) is 6.22. The van der Waals surface area contributed by atoms with Crippen molar-refractivity contribution in [1.29, 1.82) is 0 Å². The number of urea groups is 1. The van der Waals surface area contributed by atoms with E-state index in [0.717, 1.165) is 11.3 Å². The molecule has 0 radical (unpaired) electrons. The van der Waals surface area contributed by atoms with Crippen molar-refractivity contribution in [2.45, 2.75) is 32.2 Å². The number of hydrogen-bond acceptors (Lipinski definition) is 4. The predicted octanol–water partition coefficient (Wildman–Crippen LogP) is 1.72. The summed E-state index contributed by atoms with van der Waals surface area (Å²) in [7, 11) is 0. The van der Waals surface area contributed by atoms with Gasteiger partial charge in [0, 0.05) is 0 Å². The normalized spacial score (nSPS) is 20.5. The quantitative estimate of drug-likeness (QED) is 0.746. The van der Waals surface area contributed by atoms with E-state index in [1.54, 1.807) is 31.2 Å². The zero-order chi connectivity index (χ0) is 17.0. The second kappa shape index (κ2) is 6.68. The Kier molecular flexibility index (Phi) is 4.88. The minimum atomic E-state index is -1.23. The number of carboxylic acid groups (broad SMARTS) is 1. The molecule has 0 saturated carbocycles. The summed E-state index contributed by atoms with van der Waals surface area (Å²) in [6.45, 7) is 3.72. The smallest absolute Gasteiger partial charge is 0.325 e. The third-order valence-corrected chi connectivity index (χ3v) is 3.82. The summed E-state index contributed by atoms with van der Waals surface area (Å²) in [4.78, 5) is 36.2. The molecule has 1 saturated heterocycles. The predicted molar refractivity (Wildman–Crippen MR) is 82.1 cm³/mol. The molecule has 1 atom stereocenters. The van der Waals surface area contributed by atoms with Crippen LogP contribution in [-0.4, -0.2) is 41.1 Å². The monoisotopic (exact) mass is 320 g/mol. The lowest BCUT2D eigenvalue weighted by Crippen LogP contribution is -2.43. The SMILES string of the molecule is CCCOc1ccc([C@]2(CC)NC(=O)N(CC(=O)O)C2=O)cc1. The minimum Gasteiger partial charge on any atom is -0.494 e. The van der Waals surface area contributed by atoms with Crippen molar-refractivity contribution in [3.05, 3.63) is 29.8 Å². The number of nitrogens with zero attached hydrogens (tertiary/aromatic N) is 1. The molecule has 1 aliphatic rings. The molecule has 7 nitrogen and oxygen atoms in total. The van der Waals surface area contributed by atoms with Crippen molar-refractivity contribution >= 4 is 17.9 Å². The average Bonchev–Trinajstić information content (AvgIpc) is 2.78. The Morgan fingerprint density at radius 3 is 2.43 bits per heavy atom. The fraction of sp³-hybridized carbons (Fsp3) is 0.438. The molecule has 7 heteroatoms. The maximum absolute atomic E-state index is 12.6. The number of carbonyl (C=O) groups excluding carboxylic acids is 2. The summed E-state index contributed by atoms with van der Waals surface area (Å²) >= 11 is 0. The topological polar surface area (TPSA) is 95.9 Å². The Morgan fingerprint density at radius 1 is 1.26 bits per heavy atom. The Labute approximate surface area is 134 Å². The van der Waals surface area contributed by atoms with Gasteiger partial charge in [-0.25, -0.2) is 4.79 Å². The molecule has 1 heterocycles. The van der Waals surface area contributed by atoms with Gasteiger partial charge in [-0.2, -0.15) is 0 Å². The maximum Gasteiger partial charge on any atom is 0.325 e. The van der Waals surface area contributed by atoms with E-state index >= 15 is 0 Å². The van der Waals surface area contributed by atoms with Crippen molar-refractivity contribution in [3.8, 4) is 5.75 Å². The van der Waals surface area contributed by atoms with Gasteiger partial charge in [0.1, 0.15) is 17.8 Å². The molecule has 0 aromatic heterocycles. The van der Waals surface area contributed by atoms with Gasteiger partial charge in [0.15, 0.2) is 0 Å². The highest BCUT2D eigenvalue weighted by atomic mass is 16.5. The lowest BCUT2D eigenvalue weighted by molar-refractivity contribution is -0.143. The zero-order valence-electron chi connectivity index (χ0n) is 13.2. The number of rotatable bonds is 7. The molecule has 2 N–H and O–H groups in total. The third-order valence-electron chi connectivity index (χ3n) is 3.82. The first kappa shape index (κ1) is 16.8. The van der Waals surface area contributed by atoms with E-state index in [1.807, 2.05) is 6.92 Å². The van der Waals surface area contributed by atoms with Crippen LogP contribution < -0.4 is 10.1 Å². The second-order valence-electron chi connectivity index (χ2n) is 5.35. The molecule has 23 heavy (non-hydrogen) atoms. The second-order valence-corrected chi connectivity index (χ2v) is 5.35. The number of imide groups is 1. The minimum absolute atomic E-state index is 0.322. The Balaban J connectivity index is 2.29. The number of aliphatic carboxylic acids is 1. The van der Waals surface area contributed by atoms with Crippen molar-refractivity contribution in [2.75, 3.05) is 13.2 Å². The van der Waals surface area contributed by atoms with Crippen LogP contribution in [0, 0.1) is 0 Å². The maximum atomic E-state index is 12.6. The Bertz CT molecular complexity index is 613. The van der Waals surface area contributed by atoms with Crippen LogP contribution in [0.3, 0.4) is 0 Å². The van der Waals surface area contributed by atoms with E-state index in [4.69, 9.17) is 9.84 Å². The molecule has 2 rings (SSSR count). The van der Waals surface area contributed by atoms with Crippen LogP contribution in [0.2, 0.25) is 0 Å². The number of amides is 3. The van der Waals surface area contributed by atoms with Gasteiger partial charge in [0.25, 0.3) is 5.91 Å². The van der Waals surface area contributed by atoms with E-state index in [2.05, 4.69) is 5.32 Å². The van der Waals surface area contributed by atoms with Gasteiger partial charge in [0.2, 0.25) is 0 Å². The van der Waals surface area contributed by atoms with Crippen LogP contribution in [0.4, 0.5) is 4.79 Å². The molecule has 3 amide bonds. The molecule has 0 spiro atoms. The van der Waals surface area contributed by atoms with Crippen LogP contribution in [0.15, 0.2) is 24.3 Å². The molecular formula is C16H20N2O5. The lowest BCUT2D eigenvalue weighted by atomic mass is 9.87. The molecule has 1 fully saturated rings. The number of carboxylic acids is 1. The van der Waals surface area contributed by atoms with E-state index < -0.39 is 30.0 Å². The fourth-order valence-corrected chi connectivity index (χ4v) is 2.60. The van der Waals surface area contributed by atoms with Crippen molar-refractivity contribution in [3.63, 3.8) is 0 Å². The first-order valence-electron chi connectivity index (χ1n) is 7.53. The zero-order valence-corrected chi connectivity index (χ0v) is 13.2. The van der Waals surface area contributed by atoms with Crippen LogP contribution in [0.5, 0.6) is 5.75 Å². The molecule has 0 aliphatic carbocycles. The average molecular weight is 320 g/mol. The molecule has 1 aliphatic heterocycles. The summed E-state index contributed by atoms with van der Waals surface area (Å²) in [5.41, 5.74) is -0.620. The standard InChI is InChI=1S/C16H20N2O5/c1-3-9-23-12-7-5-11(6-8-12)16(4-2)14(21)18(10-13(19)20)15(22)17-16/h5-8H,3-4,9-10H2,1-2H3,(H,17,22)(H,19,20)/t16-/m0/s1. The molecule has 0 bridgehead atoms. The van der Waals surface area contributed by atoms with Gasteiger partial charge in [-0.1, -0.05) is 26.0 Å². The summed E-state index contributed by atoms with van der Waals surface area (Å²) in [5, 5.41) is 11.5. The number of benzene rings is 1. The van der Waals surface area contributed by atoms with Crippen LogP contribution in [0.1, 0.15) is 32.3 Å². The number of carbonyl (C=O) groups is 3. The van der Waals surface area contributed by atoms with E-state index in [9.17, 15) is 14.4 Å². The van der Waals surface area contributed by atoms with Crippen LogP contribution in [-0.2, 0) is 15.1 Å². The van der Waals surface area contributed by atoms with Gasteiger partial charge in [-0.3, -0.25) is 14.5 Å². The van der Waals surface area contributed by atoms with Gasteiger partial charge < -0.3 is 15.2 Å². The summed E-state index contributed by atoms with van der Waals surface area (Å²) in [6.07, 6.45) is 1.21. The van der Waals surface area contributed by atoms with Crippen molar-refractivity contribution in [1.82, 2.24) is 10.2 Å². The van der Waals surface area contributed by atoms with E-state index in [1.165, 1.54) is 0 Å². The van der Waals surface area contributed by atoms with Gasteiger partial charge >= 0.3 is 12.0 Å². The van der Waals surface area contributed by atoms with E-state index in [-0.39, 0.29) is 0 Å². The molecule has 1 aromatic rings. The van der Waals surface area contributed by atoms with Crippen molar-refractivity contribution in [2.24, 2.45) is 0 Å². The largest absolute Gasteiger partial charge is 0.494 e. The Hall–Kier alpha value is -2.57. The molecule has 124 valence electrons. The van der Waals surface area contributed by atoms with Gasteiger partial charge in [0.05, 0.1) is 6.61 Å². The van der Waals surface area contributed by atoms with Crippen LogP contribution in [0.25, 0.3) is 0 Å². The first-order chi connectivity index (χ1) is 10.9. The molecule has 0 unspecified atom stereocenters.